The van der Waals surface area contributed by atoms with Crippen LogP contribution in [0.2, 0.25) is 0 Å². The van der Waals surface area contributed by atoms with Crippen molar-refractivity contribution < 1.29 is 14.1 Å². The molecule has 1 N–H and O–H groups in total. The highest BCUT2D eigenvalue weighted by Crippen LogP contribution is 2.20. The van der Waals surface area contributed by atoms with Gasteiger partial charge in [0.25, 0.3) is 5.91 Å². The van der Waals surface area contributed by atoms with Crippen LogP contribution in [0.1, 0.15) is 17.4 Å². The van der Waals surface area contributed by atoms with Gasteiger partial charge in [0, 0.05) is 29.7 Å². The van der Waals surface area contributed by atoms with Crippen molar-refractivity contribution in [3.63, 3.8) is 0 Å². The minimum Gasteiger partial charge on any atom is -0.494 e. The number of hydrogen-bond acceptors (Lipinski definition) is 5. The van der Waals surface area contributed by atoms with Crippen LogP contribution in [0.3, 0.4) is 0 Å². The van der Waals surface area contributed by atoms with Crippen molar-refractivity contribution in [3.8, 4) is 17.1 Å². The van der Waals surface area contributed by atoms with E-state index >= 15 is 0 Å². The van der Waals surface area contributed by atoms with Crippen LogP contribution in [0.15, 0.2) is 59.4 Å². The van der Waals surface area contributed by atoms with E-state index in [4.69, 9.17) is 9.26 Å². The Bertz CT molecular complexity index is 782. The first kappa shape index (κ1) is 14.8. The van der Waals surface area contributed by atoms with E-state index in [1.807, 2.05) is 13.0 Å². The molecule has 116 valence electrons. The molecule has 0 saturated carbocycles. The number of ether oxygens (including phenoxy) is 1. The number of hydrogen-bond donors (Lipinski definition) is 1. The molecule has 0 radical (unpaired) electrons. The van der Waals surface area contributed by atoms with Gasteiger partial charge in [0.2, 0.25) is 0 Å². The molecule has 1 amide bonds. The van der Waals surface area contributed by atoms with E-state index in [0.717, 1.165) is 11.3 Å². The third kappa shape index (κ3) is 3.55. The van der Waals surface area contributed by atoms with Gasteiger partial charge in [-0.25, -0.2) is 0 Å². The fourth-order valence-electron chi connectivity index (χ4n) is 2.02. The van der Waals surface area contributed by atoms with Crippen LogP contribution in [0, 0.1) is 0 Å². The summed E-state index contributed by atoms with van der Waals surface area (Å²) in [5, 5.41) is 6.56. The van der Waals surface area contributed by atoms with Crippen LogP contribution in [0.5, 0.6) is 5.75 Å². The largest absolute Gasteiger partial charge is 0.494 e. The zero-order chi connectivity index (χ0) is 16.1. The van der Waals surface area contributed by atoms with Gasteiger partial charge in [-0.15, -0.1) is 0 Å². The molecule has 0 aliphatic heterocycles. The summed E-state index contributed by atoms with van der Waals surface area (Å²) in [4.78, 5) is 16.2. The van der Waals surface area contributed by atoms with Crippen molar-refractivity contribution in [2.45, 2.75) is 6.92 Å². The number of carbonyl (C=O) groups is 1. The predicted molar refractivity (Wildman–Crippen MR) is 85.3 cm³/mol. The third-order valence-corrected chi connectivity index (χ3v) is 3.11. The Morgan fingerprint density at radius 3 is 2.78 bits per heavy atom. The topological polar surface area (TPSA) is 77.2 Å². The van der Waals surface area contributed by atoms with Gasteiger partial charge in [0.15, 0.2) is 11.5 Å². The summed E-state index contributed by atoms with van der Waals surface area (Å²) in [6.45, 7) is 2.52. The van der Waals surface area contributed by atoms with Gasteiger partial charge in [0.05, 0.1) is 6.61 Å². The summed E-state index contributed by atoms with van der Waals surface area (Å²) in [7, 11) is 0. The van der Waals surface area contributed by atoms with Crippen molar-refractivity contribution >= 4 is 11.6 Å². The van der Waals surface area contributed by atoms with E-state index in [1.165, 1.54) is 0 Å². The molecule has 0 atom stereocenters. The molecular formula is C17H15N3O3. The van der Waals surface area contributed by atoms with E-state index in [2.05, 4.69) is 15.5 Å². The number of benzene rings is 1. The molecule has 0 saturated heterocycles. The average Bonchev–Trinajstić information content (AvgIpc) is 3.08. The second-order valence-electron chi connectivity index (χ2n) is 4.73. The molecule has 3 rings (SSSR count). The van der Waals surface area contributed by atoms with Crippen molar-refractivity contribution in [1.29, 1.82) is 0 Å². The van der Waals surface area contributed by atoms with E-state index < -0.39 is 0 Å². The highest BCUT2D eigenvalue weighted by atomic mass is 16.5. The zero-order valence-corrected chi connectivity index (χ0v) is 12.5. The number of anilines is 1. The lowest BCUT2D eigenvalue weighted by molar-refractivity contribution is 0.101. The fourth-order valence-corrected chi connectivity index (χ4v) is 2.02. The van der Waals surface area contributed by atoms with Gasteiger partial charge >= 0.3 is 0 Å². The molecule has 2 heterocycles. The maximum Gasteiger partial charge on any atom is 0.277 e. The summed E-state index contributed by atoms with van der Waals surface area (Å²) in [5.74, 6) is 0.911. The standard InChI is InChI=1S/C17H15N3O3/c1-2-22-14-7-5-13(6-8-14)19-17(21)15-10-16(23-20-15)12-4-3-9-18-11-12/h3-11H,2H2,1H3,(H,19,21). The van der Waals surface area contributed by atoms with Crippen LogP contribution in [-0.2, 0) is 0 Å². The number of nitrogens with one attached hydrogen (secondary N) is 1. The van der Waals surface area contributed by atoms with Crippen LogP contribution < -0.4 is 10.1 Å². The van der Waals surface area contributed by atoms with Crippen molar-refractivity contribution in [2.24, 2.45) is 0 Å². The predicted octanol–water partition coefficient (Wildman–Crippen LogP) is 3.39. The van der Waals surface area contributed by atoms with Crippen LogP contribution in [0.4, 0.5) is 5.69 Å². The molecule has 6 heteroatoms. The Balaban J connectivity index is 1.70. The Morgan fingerprint density at radius 1 is 1.26 bits per heavy atom. The Hall–Kier alpha value is -3.15. The lowest BCUT2D eigenvalue weighted by Gasteiger charge is -2.05. The Morgan fingerprint density at radius 2 is 2.09 bits per heavy atom. The Kier molecular flexibility index (Phi) is 4.33. The number of rotatable bonds is 5. The molecule has 0 bridgehead atoms. The highest BCUT2D eigenvalue weighted by molar-refractivity contribution is 6.03. The molecule has 0 aliphatic carbocycles. The van der Waals surface area contributed by atoms with Gasteiger partial charge in [-0.3, -0.25) is 9.78 Å². The summed E-state index contributed by atoms with van der Waals surface area (Å²) in [6, 6.07) is 12.3. The number of pyridine rings is 1. The molecule has 0 fully saturated rings. The lowest BCUT2D eigenvalue weighted by atomic mass is 10.2. The quantitative estimate of drug-likeness (QED) is 0.781. The van der Waals surface area contributed by atoms with E-state index in [9.17, 15) is 4.79 Å². The first-order valence-electron chi connectivity index (χ1n) is 7.17. The first-order valence-corrected chi connectivity index (χ1v) is 7.17. The van der Waals surface area contributed by atoms with Crippen molar-refractivity contribution in [2.75, 3.05) is 11.9 Å². The number of carbonyl (C=O) groups excluding carboxylic acids is 1. The van der Waals surface area contributed by atoms with E-state index in [0.29, 0.717) is 18.1 Å². The summed E-state index contributed by atoms with van der Waals surface area (Å²) < 4.78 is 10.5. The summed E-state index contributed by atoms with van der Waals surface area (Å²) in [6.07, 6.45) is 3.31. The number of amides is 1. The third-order valence-electron chi connectivity index (χ3n) is 3.11. The Labute approximate surface area is 133 Å². The summed E-state index contributed by atoms with van der Waals surface area (Å²) >= 11 is 0. The second-order valence-corrected chi connectivity index (χ2v) is 4.73. The molecule has 6 nitrogen and oxygen atoms in total. The maximum absolute atomic E-state index is 12.2. The van der Waals surface area contributed by atoms with Gasteiger partial charge < -0.3 is 14.6 Å². The van der Waals surface area contributed by atoms with Crippen molar-refractivity contribution in [3.05, 3.63) is 60.6 Å². The lowest BCUT2D eigenvalue weighted by Crippen LogP contribution is -2.12. The fraction of sp³-hybridized carbons (Fsp3) is 0.118. The maximum atomic E-state index is 12.2. The van der Waals surface area contributed by atoms with Gasteiger partial charge in [-0.1, -0.05) is 5.16 Å². The smallest absolute Gasteiger partial charge is 0.277 e. The van der Waals surface area contributed by atoms with Crippen LogP contribution in [-0.4, -0.2) is 22.7 Å². The molecule has 3 aromatic rings. The van der Waals surface area contributed by atoms with Crippen molar-refractivity contribution in [1.82, 2.24) is 10.1 Å². The van der Waals surface area contributed by atoms with E-state index in [-0.39, 0.29) is 11.6 Å². The normalized spacial score (nSPS) is 10.3. The van der Waals surface area contributed by atoms with Gasteiger partial charge in [-0.05, 0) is 43.3 Å². The van der Waals surface area contributed by atoms with Gasteiger partial charge in [0.1, 0.15) is 5.75 Å². The SMILES string of the molecule is CCOc1ccc(NC(=O)c2cc(-c3cccnc3)on2)cc1. The minimum absolute atomic E-state index is 0.206. The monoisotopic (exact) mass is 309 g/mol. The molecule has 23 heavy (non-hydrogen) atoms. The van der Waals surface area contributed by atoms with Gasteiger partial charge in [-0.2, -0.15) is 0 Å². The average molecular weight is 309 g/mol. The van der Waals surface area contributed by atoms with E-state index in [1.54, 1.807) is 48.8 Å². The number of nitrogens with zero attached hydrogens (tertiary/aromatic N) is 2. The minimum atomic E-state index is -0.340. The molecule has 1 aromatic carbocycles. The summed E-state index contributed by atoms with van der Waals surface area (Å²) in [5.41, 5.74) is 1.63. The number of aromatic nitrogens is 2. The van der Waals surface area contributed by atoms with Crippen LogP contribution in [0.25, 0.3) is 11.3 Å². The first-order chi connectivity index (χ1) is 11.3. The molecule has 0 spiro atoms. The van der Waals surface area contributed by atoms with Crippen LogP contribution >= 0.6 is 0 Å². The second kappa shape index (κ2) is 6.74. The molecule has 2 aromatic heterocycles. The highest BCUT2D eigenvalue weighted by Gasteiger charge is 2.14. The molecule has 0 unspecified atom stereocenters. The zero-order valence-electron chi connectivity index (χ0n) is 12.5. The molecular weight excluding hydrogens is 294 g/mol. The molecule has 0 aliphatic rings.